The summed E-state index contributed by atoms with van der Waals surface area (Å²) in [7, 11) is 1.98. The number of phenols is 1. The number of carbonyl (C=O) groups excluding carboxylic acids is 2. The summed E-state index contributed by atoms with van der Waals surface area (Å²) in [6.07, 6.45) is 1.93. The molecule has 1 aromatic heterocycles. The van der Waals surface area contributed by atoms with Crippen molar-refractivity contribution in [3.05, 3.63) is 59.8 Å². The molecule has 2 atom stereocenters. The fourth-order valence-electron chi connectivity index (χ4n) is 4.97. The van der Waals surface area contributed by atoms with E-state index in [2.05, 4.69) is 15.2 Å². The molecule has 3 heterocycles. The molecule has 9 heteroatoms. The number of carbonyl (C=O) groups is 2. The average Bonchev–Trinajstić information content (AvgIpc) is 3.30. The first-order valence-corrected chi connectivity index (χ1v) is 11.2. The van der Waals surface area contributed by atoms with Crippen molar-refractivity contribution in [3.8, 4) is 5.75 Å². The summed E-state index contributed by atoms with van der Waals surface area (Å²) < 4.78 is 0. The summed E-state index contributed by atoms with van der Waals surface area (Å²) in [5.41, 5.74) is 2.81. The molecular weight excluding hydrogens is 420 g/mol. The first-order chi connectivity index (χ1) is 16.0. The fraction of sp³-hybridized carbons (Fsp3) is 0.375. The van der Waals surface area contributed by atoms with Crippen LogP contribution in [0.3, 0.4) is 0 Å². The molecule has 2 fully saturated rings. The Morgan fingerprint density at radius 1 is 1.15 bits per heavy atom. The Labute approximate surface area is 192 Å². The number of benzene rings is 2. The number of rotatable bonds is 5. The van der Waals surface area contributed by atoms with E-state index in [1.165, 1.54) is 0 Å². The topological polar surface area (TPSA) is 96.0 Å². The van der Waals surface area contributed by atoms with E-state index in [0.29, 0.717) is 19.5 Å². The smallest absolute Gasteiger partial charge is 0.246 e. The van der Waals surface area contributed by atoms with Gasteiger partial charge in [-0.2, -0.15) is 5.10 Å². The average molecular weight is 449 g/mol. The van der Waals surface area contributed by atoms with E-state index in [9.17, 15) is 14.7 Å². The van der Waals surface area contributed by atoms with Gasteiger partial charge in [-0.25, -0.2) is 10.0 Å². The Balaban J connectivity index is 1.50. The number of aromatic amines is 1. The van der Waals surface area contributed by atoms with Crippen molar-refractivity contribution in [1.29, 1.82) is 0 Å². The van der Waals surface area contributed by atoms with Gasteiger partial charge in [0, 0.05) is 31.9 Å². The summed E-state index contributed by atoms with van der Waals surface area (Å²) in [5.74, 6) is 0.0724. The quantitative estimate of drug-likeness (QED) is 0.615. The molecule has 2 aliphatic rings. The summed E-state index contributed by atoms with van der Waals surface area (Å²) in [6, 6.07) is 12.2. The van der Waals surface area contributed by atoms with Gasteiger partial charge >= 0.3 is 0 Å². The number of para-hydroxylation sites is 1. The minimum Gasteiger partial charge on any atom is -0.508 e. The molecule has 0 saturated carbocycles. The Morgan fingerprint density at radius 2 is 1.94 bits per heavy atom. The number of hydrogen-bond acceptors (Lipinski definition) is 6. The highest BCUT2D eigenvalue weighted by molar-refractivity contribution is 5.91. The van der Waals surface area contributed by atoms with Crippen molar-refractivity contribution < 1.29 is 14.7 Å². The first kappa shape index (κ1) is 21.4. The molecule has 172 valence electrons. The van der Waals surface area contributed by atoms with Crippen LogP contribution in [0.2, 0.25) is 0 Å². The van der Waals surface area contributed by atoms with E-state index >= 15 is 0 Å². The van der Waals surface area contributed by atoms with E-state index in [1.807, 2.05) is 42.1 Å². The number of H-pyrrole nitrogens is 1. The second-order valence-electron chi connectivity index (χ2n) is 8.69. The van der Waals surface area contributed by atoms with Crippen molar-refractivity contribution in [2.45, 2.75) is 32.1 Å². The molecule has 0 radical (unpaired) electrons. The number of fused-ring (bicyclic) bond motifs is 2. The second-order valence-corrected chi connectivity index (χ2v) is 8.69. The number of likely N-dealkylation sites (N-methyl/N-ethyl adjacent to an activating group) is 2. The third-order valence-corrected chi connectivity index (χ3v) is 6.78. The maximum atomic E-state index is 13.8. The number of phenolic OH excluding ortho intramolecular Hbond substituents is 1. The molecule has 5 rings (SSSR count). The summed E-state index contributed by atoms with van der Waals surface area (Å²) >= 11 is 0. The zero-order valence-electron chi connectivity index (χ0n) is 18.8. The van der Waals surface area contributed by atoms with Crippen molar-refractivity contribution in [2.75, 3.05) is 26.7 Å². The molecule has 0 spiro atoms. The molecule has 33 heavy (non-hydrogen) atoms. The van der Waals surface area contributed by atoms with E-state index in [1.54, 1.807) is 35.4 Å². The van der Waals surface area contributed by atoms with Crippen LogP contribution in [0.1, 0.15) is 18.1 Å². The van der Waals surface area contributed by atoms with Crippen LogP contribution in [0.4, 0.5) is 0 Å². The predicted octanol–water partition coefficient (Wildman–Crippen LogP) is 1.56. The van der Waals surface area contributed by atoms with Gasteiger partial charge in [0.2, 0.25) is 11.8 Å². The van der Waals surface area contributed by atoms with Crippen LogP contribution in [0.25, 0.3) is 10.9 Å². The zero-order valence-corrected chi connectivity index (χ0v) is 18.8. The van der Waals surface area contributed by atoms with E-state index < -0.39 is 6.04 Å². The lowest BCUT2D eigenvalue weighted by atomic mass is 9.98. The van der Waals surface area contributed by atoms with Crippen LogP contribution in [0.5, 0.6) is 5.75 Å². The molecule has 2 aromatic carbocycles. The van der Waals surface area contributed by atoms with Crippen LogP contribution in [-0.4, -0.2) is 85.8 Å². The van der Waals surface area contributed by atoms with Crippen LogP contribution in [0.15, 0.2) is 48.7 Å². The predicted molar refractivity (Wildman–Crippen MR) is 123 cm³/mol. The number of piperazine rings is 1. The number of aromatic nitrogens is 2. The number of hydrogen-bond donors (Lipinski definition) is 2. The molecule has 2 N–H and O–H groups in total. The van der Waals surface area contributed by atoms with Crippen LogP contribution in [0, 0.1) is 0 Å². The Hall–Kier alpha value is -3.43. The fourth-order valence-corrected chi connectivity index (χ4v) is 4.97. The highest BCUT2D eigenvalue weighted by Gasteiger charge is 2.48. The van der Waals surface area contributed by atoms with Gasteiger partial charge in [0.15, 0.2) is 0 Å². The van der Waals surface area contributed by atoms with Gasteiger partial charge in [0.1, 0.15) is 18.0 Å². The number of nitrogens with zero attached hydrogens (tertiary/aromatic N) is 5. The number of nitrogens with one attached hydrogen (secondary N) is 1. The highest BCUT2D eigenvalue weighted by atomic mass is 16.3. The first-order valence-electron chi connectivity index (χ1n) is 11.2. The number of hydrazine groups is 1. The van der Waals surface area contributed by atoms with Gasteiger partial charge in [-0.3, -0.25) is 14.7 Å². The molecule has 0 unspecified atom stereocenters. The van der Waals surface area contributed by atoms with E-state index in [-0.39, 0.29) is 30.3 Å². The highest BCUT2D eigenvalue weighted by Crippen LogP contribution is 2.29. The summed E-state index contributed by atoms with van der Waals surface area (Å²) in [5, 5.41) is 21.9. The molecule has 0 bridgehead atoms. The monoisotopic (exact) mass is 448 g/mol. The third-order valence-electron chi connectivity index (χ3n) is 6.78. The van der Waals surface area contributed by atoms with Crippen molar-refractivity contribution in [1.82, 2.24) is 30.0 Å². The normalized spacial score (nSPS) is 22.2. The zero-order chi connectivity index (χ0) is 23.1. The SMILES string of the molecule is CCN1CC(=O)N2[C@@H](Cc3ccc(O)cc3)C(=O)N(Cc3cccc4cn[nH]c34)C[C@@H]2N1C. The molecule has 9 nitrogen and oxygen atoms in total. The Morgan fingerprint density at radius 3 is 2.70 bits per heavy atom. The minimum atomic E-state index is -0.608. The molecule has 2 amide bonds. The lowest BCUT2D eigenvalue weighted by molar-refractivity contribution is -0.197. The lowest BCUT2D eigenvalue weighted by Crippen LogP contribution is -2.74. The minimum absolute atomic E-state index is 0.0348. The van der Waals surface area contributed by atoms with Crippen LogP contribution >= 0.6 is 0 Å². The van der Waals surface area contributed by atoms with E-state index in [0.717, 1.165) is 28.6 Å². The second kappa shape index (κ2) is 8.49. The lowest BCUT2D eigenvalue weighted by Gasteiger charge is -2.54. The molecule has 2 aliphatic heterocycles. The Bertz CT molecular complexity index is 1180. The third kappa shape index (κ3) is 3.83. The number of amides is 2. The summed E-state index contributed by atoms with van der Waals surface area (Å²) in [4.78, 5) is 30.6. The maximum Gasteiger partial charge on any atom is 0.246 e. The Kier molecular flexibility index (Phi) is 5.51. The van der Waals surface area contributed by atoms with Gasteiger partial charge in [-0.1, -0.05) is 37.3 Å². The van der Waals surface area contributed by atoms with Gasteiger partial charge in [0.25, 0.3) is 0 Å². The van der Waals surface area contributed by atoms with Crippen molar-refractivity contribution in [3.63, 3.8) is 0 Å². The standard InChI is InChI=1S/C24H28N6O3/c1-3-29-15-22(32)30-20(11-16-7-9-19(31)10-8-16)24(33)28(14-21(30)27(29)2)13-18-6-4-5-17-12-25-26-23(17)18/h4-10,12,20-21,31H,3,11,13-15H2,1-2H3,(H,25,26)/t20-,21+/m0/s1. The largest absolute Gasteiger partial charge is 0.508 e. The van der Waals surface area contributed by atoms with Gasteiger partial charge < -0.3 is 14.9 Å². The van der Waals surface area contributed by atoms with Crippen molar-refractivity contribution in [2.24, 2.45) is 0 Å². The maximum absolute atomic E-state index is 13.8. The van der Waals surface area contributed by atoms with Gasteiger partial charge in [-0.15, -0.1) is 0 Å². The van der Waals surface area contributed by atoms with Crippen LogP contribution in [-0.2, 0) is 22.6 Å². The van der Waals surface area contributed by atoms with E-state index in [4.69, 9.17) is 0 Å². The van der Waals surface area contributed by atoms with Crippen molar-refractivity contribution >= 4 is 22.7 Å². The molecular formula is C24H28N6O3. The van der Waals surface area contributed by atoms with Gasteiger partial charge in [0.05, 0.1) is 24.8 Å². The summed E-state index contributed by atoms with van der Waals surface area (Å²) in [6.45, 7) is 3.86. The molecule has 0 aliphatic carbocycles. The van der Waals surface area contributed by atoms with Gasteiger partial charge in [-0.05, 0) is 23.3 Å². The number of aromatic hydroxyl groups is 1. The molecule has 2 saturated heterocycles. The van der Waals surface area contributed by atoms with Crippen LogP contribution < -0.4 is 0 Å². The molecule has 3 aromatic rings.